The van der Waals surface area contributed by atoms with Crippen LogP contribution in [0.3, 0.4) is 0 Å². The van der Waals surface area contributed by atoms with E-state index in [1.54, 1.807) is 22.9 Å². The summed E-state index contributed by atoms with van der Waals surface area (Å²) in [5, 5.41) is 9.86. The Kier molecular flexibility index (Phi) is 4.56. The van der Waals surface area contributed by atoms with Crippen LogP contribution in [0.4, 0.5) is 15.0 Å². The van der Waals surface area contributed by atoms with Crippen LogP contribution in [0.25, 0.3) is 5.69 Å². The first-order valence-corrected chi connectivity index (χ1v) is 7.53. The number of rotatable bonds is 4. The molecule has 2 N–H and O–H groups in total. The second-order valence-electron chi connectivity index (χ2n) is 5.36. The summed E-state index contributed by atoms with van der Waals surface area (Å²) in [5.74, 6) is 0.239. The third-order valence-electron chi connectivity index (χ3n) is 3.42. The number of aryl methyl sites for hydroxylation is 1. The van der Waals surface area contributed by atoms with E-state index in [9.17, 15) is 9.18 Å². The van der Waals surface area contributed by atoms with Crippen LogP contribution in [-0.2, 0) is 6.54 Å². The first kappa shape index (κ1) is 15.7. The Morgan fingerprint density at radius 1 is 1.12 bits per heavy atom. The van der Waals surface area contributed by atoms with Gasteiger partial charge in [0.1, 0.15) is 11.6 Å². The summed E-state index contributed by atoms with van der Waals surface area (Å²) < 4.78 is 14.8. The highest BCUT2D eigenvalue weighted by Gasteiger charge is 2.10. The zero-order chi connectivity index (χ0) is 16.9. The van der Waals surface area contributed by atoms with Gasteiger partial charge in [-0.3, -0.25) is 5.32 Å². The largest absolute Gasteiger partial charge is 0.334 e. The van der Waals surface area contributed by atoms with Gasteiger partial charge in [0.15, 0.2) is 0 Å². The van der Waals surface area contributed by atoms with E-state index in [0.29, 0.717) is 11.4 Å². The van der Waals surface area contributed by atoms with Crippen LogP contribution >= 0.6 is 0 Å². The molecule has 1 aromatic heterocycles. The van der Waals surface area contributed by atoms with Gasteiger partial charge in [-0.15, -0.1) is 0 Å². The third-order valence-corrected chi connectivity index (χ3v) is 3.42. The van der Waals surface area contributed by atoms with Crippen molar-refractivity contribution in [2.45, 2.75) is 13.5 Å². The molecule has 0 saturated carbocycles. The summed E-state index contributed by atoms with van der Waals surface area (Å²) in [6, 6.07) is 17.1. The van der Waals surface area contributed by atoms with E-state index in [1.807, 2.05) is 37.3 Å². The lowest BCUT2D eigenvalue weighted by molar-refractivity contribution is 0.251. The number of halogens is 1. The van der Waals surface area contributed by atoms with Crippen molar-refractivity contribution in [3.05, 3.63) is 77.7 Å². The molecule has 24 heavy (non-hydrogen) atoms. The van der Waals surface area contributed by atoms with Crippen molar-refractivity contribution >= 4 is 11.8 Å². The Labute approximate surface area is 139 Å². The Bertz CT molecular complexity index is 845. The van der Waals surface area contributed by atoms with E-state index < -0.39 is 0 Å². The molecule has 122 valence electrons. The van der Waals surface area contributed by atoms with E-state index in [4.69, 9.17) is 0 Å². The number of urea groups is 1. The summed E-state index contributed by atoms with van der Waals surface area (Å²) in [6.45, 7) is 2.09. The van der Waals surface area contributed by atoms with Crippen LogP contribution in [0.2, 0.25) is 0 Å². The minimum absolute atomic E-state index is 0.238. The number of aromatic nitrogens is 2. The first-order chi connectivity index (χ1) is 11.6. The highest BCUT2D eigenvalue weighted by Crippen LogP contribution is 2.16. The molecule has 1 heterocycles. The maximum Gasteiger partial charge on any atom is 0.320 e. The number of amides is 2. The lowest BCUT2D eigenvalue weighted by Crippen LogP contribution is -2.29. The van der Waals surface area contributed by atoms with E-state index in [-0.39, 0.29) is 18.4 Å². The predicted octanol–water partition coefficient (Wildman–Crippen LogP) is 3.64. The molecule has 2 aromatic carbocycles. The Balaban J connectivity index is 1.69. The molecular weight excluding hydrogens is 307 g/mol. The highest BCUT2D eigenvalue weighted by atomic mass is 19.1. The van der Waals surface area contributed by atoms with Gasteiger partial charge in [-0.05, 0) is 36.8 Å². The number of nitrogens with zero attached hydrogens (tertiary/aromatic N) is 2. The van der Waals surface area contributed by atoms with E-state index in [1.165, 1.54) is 12.1 Å². The number of nitrogens with one attached hydrogen (secondary N) is 2. The van der Waals surface area contributed by atoms with Crippen molar-refractivity contribution in [2.24, 2.45) is 0 Å². The van der Waals surface area contributed by atoms with Crippen LogP contribution in [0, 0.1) is 12.7 Å². The number of hydrogen-bond donors (Lipinski definition) is 2. The van der Waals surface area contributed by atoms with Gasteiger partial charge in [0.25, 0.3) is 0 Å². The number of para-hydroxylation sites is 1. The van der Waals surface area contributed by atoms with Crippen LogP contribution < -0.4 is 10.6 Å². The van der Waals surface area contributed by atoms with Crippen molar-refractivity contribution in [1.29, 1.82) is 0 Å². The number of anilines is 1. The average Bonchev–Trinajstić information content (AvgIpc) is 2.94. The van der Waals surface area contributed by atoms with Gasteiger partial charge in [0.2, 0.25) is 0 Å². The van der Waals surface area contributed by atoms with Crippen molar-refractivity contribution in [1.82, 2.24) is 15.1 Å². The van der Waals surface area contributed by atoms with Crippen molar-refractivity contribution < 1.29 is 9.18 Å². The molecule has 0 bridgehead atoms. The summed E-state index contributed by atoms with van der Waals surface area (Å²) in [5.41, 5.74) is 2.34. The smallest absolute Gasteiger partial charge is 0.320 e. The summed E-state index contributed by atoms with van der Waals surface area (Å²) in [6.07, 6.45) is 0. The van der Waals surface area contributed by atoms with E-state index in [0.717, 1.165) is 11.4 Å². The van der Waals surface area contributed by atoms with E-state index in [2.05, 4.69) is 15.7 Å². The predicted molar refractivity (Wildman–Crippen MR) is 90.6 cm³/mol. The molecule has 0 unspecified atom stereocenters. The SMILES string of the molecule is Cc1cc(NC(=O)NCc2cccc(F)c2)n(-c2ccccc2)n1. The second kappa shape index (κ2) is 6.95. The maximum atomic E-state index is 13.1. The van der Waals surface area contributed by atoms with Gasteiger partial charge in [-0.2, -0.15) is 5.10 Å². The van der Waals surface area contributed by atoms with Crippen LogP contribution in [0.5, 0.6) is 0 Å². The normalized spacial score (nSPS) is 10.4. The molecule has 0 saturated heterocycles. The Morgan fingerprint density at radius 3 is 2.67 bits per heavy atom. The molecule has 0 aliphatic rings. The molecule has 3 rings (SSSR count). The zero-order valence-corrected chi connectivity index (χ0v) is 13.2. The monoisotopic (exact) mass is 324 g/mol. The molecule has 0 aliphatic heterocycles. The molecule has 0 spiro atoms. The van der Waals surface area contributed by atoms with Crippen molar-refractivity contribution in [3.8, 4) is 5.69 Å². The van der Waals surface area contributed by atoms with Crippen molar-refractivity contribution in [2.75, 3.05) is 5.32 Å². The fraction of sp³-hybridized carbons (Fsp3) is 0.111. The molecule has 3 aromatic rings. The topological polar surface area (TPSA) is 59.0 Å². The lowest BCUT2D eigenvalue weighted by Gasteiger charge is -2.10. The molecule has 0 atom stereocenters. The quantitative estimate of drug-likeness (QED) is 0.770. The molecule has 0 aliphatic carbocycles. The third kappa shape index (κ3) is 3.78. The molecule has 0 fully saturated rings. The molecular formula is C18H17FN4O. The van der Waals surface area contributed by atoms with Crippen LogP contribution in [0.1, 0.15) is 11.3 Å². The minimum Gasteiger partial charge on any atom is -0.334 e. The number of benzene rings is 2. The standard InChI is InChI=1S/C18H17FN4O/c1-13-10-17(23(22-13)16-8-3-2-4-9-16)21-18(24)20-12-14-6-5-7-15(19)11-14/h2-11H,12H2,1H3,(H2,20,21,24). The van der Waals surface area contributed by atoms with Gasteiger partial charge in [-0.1, -0.05) is 30.3 Å². The lowest BCUT2D eigenvalue weighted by atomic mass is 10.2. The number of hydrogen-bond acceptors (Lipinski definition) is 2. The van der Waals surface area contributed by atoms with Gasteiger partial charge in [-0.25, -0.2) is 13.9 Å². The van der Waals surface area contributed by atoms with Gasteiger partial charge < -0.3 is 5.32 Å². The summed E-state index contributed by atoms with van der Waals surface area (Å²) in [7, 11) is 0. The first-order valence-electron chi connectivity index (χ1n) is 7.53. The maximum absolute atomic E-state index is 13.1. The summed E-state index contributed by atoms with van der Waals surface area (Å²) >= 11 is 0. The second-order valence-corrected chi connectivity index (χ2v) is 5.36. The molecule has 0 radical (unpaired) electrons. The van der Waals surface area contributed by atoms with Gasteiger partial charge >= 0.3 is 6.03 Å². The molecule has 6 heteroatoms. The van der Waals surface area contributed by atoms with Crippen LogP contribution in [-0.4, -0.2) is 15.8 Å². The summed E-state index contributed by atoms with van der Waals surface area (Å²) in [4.78, 5) is 12.1. The fourth-order valence-corrected chi connectivity index (χ4v) is 2.34. The van der Waals surface area contributed by atoms with Gasteiger partial charge in [0, 0.05) is 12.6 Å². The average molecular weight is 324 g/mol. The van der Waals surface area contributed by atoms with Crippen molar-refractivity contribution in [3.63, 3.8) is 0 Å². The van der Waals surface area contributed by atoms with E-state index >= 15 is 0 Å². The highest BCUT2D eigenvalue weighted by molar-refractivity contribution is 5.88. The Hall–Kier alpha value is -3.15. The minimum atomic E-state index is -0.378. The zero-order valence-electron chi connectivity index (χ0n) is 13.2. The molecule has 2 amide bonds. The van der Waals surface area contributed by atoms with Gasteiger partial charge in [0.05, 0.1) is 11.4 Å². The number of carbonyl (C=O) groups is 1. The fourth-order valence-electron chi connectivity index (χ4n) is 2.34. The Morgan fingerprint density at radius 2 is 1.92 bits per heavy atom. The molecule has 5 nitrogen and oxygen atoms in total. The number of carbonyl (C=O) groups excluding carboxylic acids is 1. The van der Waals surface area contributed by atoms with Crippen LogP contribution in [0.15, 0.2) is 60.7 Å².